The first kappa shape index (κ1) is 14.4. The maximum absolute atomic E-state index is 11.3. The van der Waals surface area contributed by atoms with Crippen LogP contribution in [0, 0.1) is 0 Å². The van der Waals surface area contributed by atoms with Gasteiger partial charge in [0.05, 0.1) is 11.5 Å². The zero-order valence-electron chi connectivity index (χ0n) is 8.50. The average Bonchev–Trinajstić information content (AvgIpc) is 2.14. The van der Waals surface area contributed by atoms with Crippen LogP contribution in [0.2, 0.25) is 0 Å². The highest BCUT2D eigenvalue weighted by atomic mass is 32.2. The molecule has 8 heteroatoms. The van der Waals surface area contributed by atoms with E-state index < -0.39 is 42.4 Å². The van der Waals surface area contributed by atoms with E-state index in [2.05, 4.69) is 0 Å². The van der Waals surface area contributed by atoms with E-state index in [1.54, 1.807) is 0 Å². The number of rotatable bonds is 6. The van der Waals surface area contributed by atoms with E-state index in [0.717, 1.165) is 6.92 Å². The van der Waals surface area contributed by atoms with Crippen LogP contribution in [0.1, 0.15) is 13.8 Å². The highest BCUT2D eigenvalue weighted by Crippen LogP contribution is 2.04. The van der Waals surface area contributed by atoms with Crippen molar-refractivity contribution >= 4 is 25.6 Å². The molecule has 15 heavy (non-hydrogen) atoms. The lowest BCUT2D eigenvalue weighted by Gasteiger charge is -2.07. The predicted molar refractivity (Wildman–Crippen MR) is 55.2 cm³/mol. The number of aliphatic carboxylic acids is 1. The third-order valence-electron chi connectivity index (χ3n) is 2.01. The van der Waals surface area contributed by atoms with Gasteiger partial charge >= 0.3 is 5.97 Å². The largest absolute Gasteiger partial charge is 0.480 e. The van der Waals surface area contributed by atoms with Gasteiger partial charge < -0.3 is 5.11 Å². The first-order chi connectivity index (χ1) is 6.62. The Morgan fingerprint density at radius 1 is 1.20 bits per heavy atom. The fourth-order valence-corrected chi connectivity index (χ4v) is 3.61. The lowest BCUT2D eigenvalue weighted by molar-refractivity contribution is -0.136. The maximum Gasteiger partial charge on any atom is 0.321 e. The smallest absolute Gasteiger partial charge is 0.321 e. The molecule has 0 aliphatic heterocycles. The Balaban J connectivity index is 4.63. The Morgan fingerprint density at radius 3 is 2.00 bits per heavy atom. The van der Waals surface area contributed by atoms with Gasteiger partial charge in [0, 0.05) is 5.75 Å². The van der Waals surface area contributed by atoms with Crippen LogP contribution in [-0.2, 0) is 24.5 Å². The number of carbonyl (C=O) groups is 1. The number of hydrogen-bond donors (Lipinski definition) is 1. The van der Waals surface area contributed by atoms with Crippen LogP contribution in [0.3, 0.4) is 0 Å². The van der Waals surface area contributed by atoms with Gasteiger partial charge in [0.2, 0.25) is 0 Å². The highest BCUT2D eigenvalue weighted by molar-refractivity contribution is 7.95. The summed E-state index contributed by atoms with van der Waals surface area (Å²) in [7, 11) is -7.27. The van der Waals surface area contributed by atoms with Crippen molar-refractivity contribution in [1.82, 2.24) is 0 Å². The average molecular weight is 258 g/mol. The summed E-state index contributed by atoms with van der Waals surface area (Å²) in [6, 6.07) is 0. The molecule has 0 radical (unpaired) electrons. The summed E-state index contributed by atoms with van der Waals surface area (Å²) in [6.07, 6.45) is 0. The lowest BCUT2D eigenvalue weighted by Crippen LogP contribution is -2.31. The summed E-state index contributed by atoms with van der Waals surface area (Å²) in [6.45, 7) is 2.43. The van der Waals surface area contributed by atoms with Crippen molar-refractivity contribution in [2.24, 2.45) is 0 Å². The molecule has 0 aromatic rings. The van der Waals surface area contributed by atoms with Gasteiger partial charge in [0.25, 0.3) is 0 Å². The van der Waals surface area contributed by atoms with Crippen LogP contribution in [0.5, 0.6) is 0 Å². The van der Waals surface area contributed by atoms with Crippen molar-refractivity contribution in [3.8, 4) is 0 Å². The summed E-state index contributed by atoms with van der Waals surface area (Å²) in [5.41, 5.74) is 0. The van der Waals surface area contributed by atoms with Crippen LogP contribution in [-0.4, -0.2) is 50.4 Å². The molecule has 0 rings (SSSR count). The van der Waals surface area contributed by atoms with Crippen LogP contribution in [0.4, 0.5) is 0 Å². The minimum atomic E-state index is -3.88. The number of sulfone groups is 2. The maximum atomic E-state index is 11.3. The van der Waals surface area contributed by atoms with E-state index >= 15 is 0 Å². The van der Waals surface area contributed by atoms with Gasteiger partial charge in [-0.2, -0.15) is 0 Å². The molecule has 0 aromatic carbocycles. The van der Waals surface area contributed by atoms with Crippen LogP contribution in [0.25, 0.3) is 0 Å². The first-order valence-electron chi connectivity index (χ1n) is 4.27. The second-order valence-corrected chi connectivity index (χ2v) is 8.00. The van der Waals surface area contributed by atoms with Crippen LogP contribution < -0.4 is 0 Å². The number of carboxylic acids is 1. The van der Waals surface area contributed by atoms with Crippen LogP contribution >= 0.6 is 0 Å². The van der Waals surface area contributed by atoms with Gasteiger partial charge in [-0.25, -0.2) is 16.8 Å². The van der Waals surface area contributed by atoms with Crippen molar-refractivity contribution < 1.29 is 26.7 Å². The molecule has 1 atom stereocenters. The molecule has 0 aliphatic carbocycles. The van der Waals surface area contributed by atoms with Gasteiger partial charge in [-0.1, -0.05) is 6.92 Å². The molecule has 0 bridgehead atoms. The minimum absolute atomic E-state index is 0.149. The molecule has 0 spiro atoms. The summed E-state index contributed by atoms with van der Waals surface area (Å²) < 4.78 is 44.6. The van der Waals surface area contributed by atoms with E-state index in [0.29, 0.717) is 0 Å². The topological polar surface area (TPSA) is 106 Å². The quantitative estimate of drug-likeness (QED) is 0.676. The molecule has 0 fully saturated rings. The fraction of sp³-hybridized carbons (Fsp3) is 0.857. The molecule has 90 valence electrons. The predicted octanol–water partition coefficient (Wildman–Crippen LogP) is -0.691. The molecule has 0 saturated heterocycles. The Hall–Kier alpha value is -0.630. The van der Waals surface area contributed by atoms with Crippen LogP contribution in [0.15, 0.2) is 0 Å². The molecule has 0 aliphatic rings. The van der Waals surface area contributed by atoms with E-state index in [1.165, 1.54) is 6.92 Å². The van der Waals surface area contributed by atoms with Crippen molar-refractivity contribution in [1.29, 1.82) is 0 Å². The fourth-order valence-electron chi connectivity index (χ4n) is 0.718. The van der Waals surface area contributed by atoms with Gasteiger partial charge in [0.1, 0.15) is 0 Å². The Morgan fingerprint density at radius 2 is 1.67 bits per heavy atom. The molecule has 0 aromatic heterocycles. The number of carboxylic acid groups (broad SMARTS) is 1. The Kier molecular flexibility index (Phi) is 4.72. The molecule has 1 unspecified atom stereocenters. The van der Waals surface area contributed by atoms with Crippen molar-refractivity contribution in [2.75, 3.05) is 17.3 Å². The molecular formula is C7H14O6S2. The van der Waals surface area contributed by atoms with Gasteiger partial charge in [0.15, 0.2) is 24.9 Å². The van der Waals surface area contributed by atoms with Gasteiger partial charge in [-0.3, -0.25) is 4.79 Å². The highest BCUT2D eigenvalue weighted by Gasteiger charge is 2.28. The second-order valence-electron chi connectivity index (χ2n) is 3.08. The number of hydrogen-bond acceptors (Lipinski definition) is 5. The summed E-state index contributed by atoms with van der Waals surface area (Å²) in [5.74, 6) is -2.78. The van der Waals surface area contributed by atoms with Gasteiger partial charge in [-0.05, 0) is 6.92 Å². The molecule has 1 N–H and O–H groups in total. The standard InChI is InChI=1S/C7H14O6S2/c1-3-14(10,11)4-5-15(12,13)6(2)7(8)9/h6H,3-5H2,1-2H3,(H,8,9). The minimum Gasteiger partial charge on any atom is -0.480 e. The second kappa shape index (κ2) is 4.93. The normalized spacial score (nSPS) is 14.8. The van der Waals surface area contributed by atoms with E-state index in [9.17, 15) is 21.6 Å². The Bertz CT molecular complexity index is 418. The lowest BCUT2D eigenvalue weighted by atomic mass is 10.5. The van der Waals surface area contributed by atoms with E-state index in [4.69, 9.17) is 5.11 Å². The van der Waals surface area contributed by atoms with Crippen molar-refractivity contribution in [3.63, 3.8) is 0 Å². The summed E-state index contributed by atoms with van der Waals surface area (Å²) >= 11 is 0. The Labute approximate surface area is 89.1 Å². The third kappa shape index (κ3) is 4.61. The first-order valence-corrected chi connectivity index (χ1v) is 7.81. The molecule has 0 heterocycles. The van der Waals surface area contributed by atoms with E-state index in [-0.39, 0.29) is 5.75 Å². The SMILES string of the molecule is CCS(=O)(=O)CCS(=O)(=O)C(C)C(=O)O. The molecule has 6 nitrogen and oxygen atoms in total. The van der Waals surface area contributed by atoms with Crippen molar-refractivity contribution in [3.05, 3.63) is 0 Å². The summed E-state index contributed by atoms with van der Waals surface area (Å²) in [5, 5.41) is 6.91. The van der Waals surface area contributed by atoms with Crippen molar-refractivity contribution in [2.45, 2.75) is 19.1 Å². The monoisotopic (exact) mass is 258 g/mol. The zero-order chi connectivity index (χ0) is 12.3. The summed E-state index contributed by atoms with van der Waals surface area (Å²) in [4.78, 5) is 10.4. The molecule has 0 saturated carbocycles. The molecule has 0 amide bonds. The van der Waals surface area contributed by atoms with Gasteiger partial charge in [-0.15, -0.1) is 0 Å². The third-order valence-corrected chi connectivity index (χ3v) is 6.02. The van der Waals surface area contributed by atoms with E-state index in [1.807, 2.05) is 0 Å². The zero-order valence-corrected chi connectivity index (χ0v) is 10.1. The molecular weight excluding hydrogens is 244 g/mol.